The van der Waals surface area contributed by atoms with E-state index in [4.69, 9.17) is 27.7 Å². The molecule has 0 aliphatic rings. The van der Waals surface area contributed by atoms with Gasteiger partial charge in [0.2, 0.25) is 23.5 Å². The summed E-state index contributed by atoms with van der Waals surface area (Å²) in [7, 11) is 0. The molecule has 0 fully saturated rings. The van der Waals surface area contributed by atoms with E-state index in [1.807, 2.05) is 24.4 Å². The van der Waals surface area contributed by atoms with Crippen LogP contribution in [0.2, 0.25) is 10.0 Å². The summed E-state index contributed by atoms with van der Waals surface area (Å²) < 4.78 is 5.24. The molecule has 0 saturated heterocycles. The summed E-state index contributed by atoms with van der Waals surface area (Å²) >= 11 is 13.7. The van der Waals surface area contributed by atoms with Crippen LogP contribution in [0.4, 0.5) is 5.69 Å². The summed E-state index contributed by atoms with van der Waals surface area (Å²) in [5.41, 5.74) is 0.340. The van der Waals surface area contributed by atoms with Crippen molar-refractivity contribution in [2.24, 2.45) is 0 Å². The molecule has 7 nitrogen and oxygen atoms in total. The number of hydrogen-bond donors (Lipinski definition) is 1. The summed E-state index contributed by atoms with van der Waals surface area (Å²) in [5.74, 6) is 0.547. The molecular weight excluding hydrogens is 447 g/mol. The zero-order valence-electron chi connectivity index (χ0n) is 16.2. The number of carbonyl (C=O) groups excluding carboxylic acids is 2. The average Bonchev–Trinajstić information content (AvgIpc) is 3.40. The van der Waals surface area contributed by atoms with Gasteiger partial charge < -0.3 is 14.7 Å². The second-order valence-electron chi connectivity index (χ2n) is 6.40. The third kappa shape index (κ3) is 5.81. The zero-order chi connectivity index (χ0) is 21.5. The summed E-state index contributed by atoms with van der Waals surface area (Å²) in [4.78, 5) is 31.6. The fourth-order valence-electron chi connectivity index (χ4n) is 2.76. The first-order valence-electron chi connectivity index (χ1n) is 9.36. The predicted molar refractivity (Wildman–Crippen MR) is 118 cm³/mol. The van der Waals surface area contributed by atoms with Crippen LogP contribution in [-0.4, -0.2) is 39.9 Å². The highest BCUT2D eigenvalue weighted by Gasteiger charge is 2.18. The molecule has 0 aliphatic heterocycles. The molecule has 2 amide bonds. The first kappa shape index (κ1) is 22.3. The largest absolute Gasteiger partial charge is 0.339 e. The predicted octanol–water partition coefficient (Wildman–Crippen LogP) is 4.91. The second kappa shape index (κ2) is 10.6. The Labute approximate surface area is 188 Å². The van der Waals surface area contributed by atoms with Crippen molar-refractivity contribution in [1.29, 1.82) is 0 Å². The van der Waals surface area contributed by atoms with E-state index in [1.165, 1.54) is 16.2 Å². The van der Waals surface area contributed by atoms with Gasteiger partial charge >= 0.3 is 0 Å². The van der Waals surface area contributed by atoms with Crippen molar-refractivity contribution >= 4 is 52.0 Å². The number of aromatic nitrogens is 2. The number of para-hydroxylation sites is 1. The molecule has 2 aromatic heterocycles. The molecule has 30 heavy (non-hydrogen) atoms. The highest BCUT2D eigenvalue weighted by Crippen LogP contribution is 2.29. The maximum Gasteiger partial charge on any atom is 0.244 e. The van der Waals surface area contributed by atoms with Gasteiger partial charge in [-0.3, -0.25) is 9.59 Å². The van der Waals surface area contributed by atoms with Crippen LogP contribution in [-0.2, 0) is 16.0 Å². The molecule has 0 spiro atoms. The van der Waals surface area contributed by atoms with Gasteiger partial charge in [0.1, 0.15) is 0 Å². The Balaban J connectivity index is 1.48. The van der Waals surface area contributed by atoms with Crippen molar-refractivity contribution in [3.63, 3.8) is 0 Å². The van der Waals surface area contributed by atoms with Crippen LogP contribution >= 0.6 is 34.5 Å². The molecule has 10 heteroatoms. The standard InChI is InChI=1S/C20H20Cl2N4O3S/c1-2-26(12-16(27)23-19-13(21)6-3-7-14(19)22)18(28)10-4-9-17-24-20(25-29-17)15-8-5-11-30-15/h3,5-8,11H,2,4,9-10,12H2,1H3,(H,23,27). The Morgan fingerprint density at radius 1 is 1.20 bits per heavy atom. The minimum atomic E-state index is -0.363. The summed E-state index contributed by atoms with van der Waals surface area (Å²) in [5, 5.41) is 9.25. The number of amides is 2. The fraction of sp³-hybridized carbons (Fsp3) is 0.300. The Morgan fingerprint density at radius 2 is 1.97 bits per heavy atom. The number of hydrogen-bond acceptors (Lipinski definition) is 6. The highest BCUT2D eigenvalue weighted by molar-refractivity contribution is 7.13. The number of likely N-dealkylation sites (N-methyl/N-ethyl adjacent to an activating group) is 1. The molecule has 0 radical (unpaired) electrons. The molecule has 0 saturated carbocycles. The summed E-state index contributed by atoms with van der Waals surface area (Å²) in [6, 6.07) is 8.79. The number of thiophene rings is 1. The lowest BCUT2D eigenvalue weighted by Gasteiger charge is -2.20. The molecule has 3 rings (SSSR count). The molecule has 0 unspecified atom stereocenters. The minimum absolute atomic E-state index is 0.0834. The van der Waals surface area contributed by atoms with E-state index >= 15 is 0 Å². The molecule has 1 N–H and O–H groups in total. The van der Waals surface area contributed by atoms with E-state index in [-0.39, 0.29) is 24.8 Å². The molecular formula is C20H20Cl2N4O3S. The van der Waals surface area contributed by atoms with Crippen LogP contribution in [0.3, 0.4) is 0 Å². The number of nitrogens with one attached hydrogen (secondary N) is 1. The van der Waals surface area contributed by atoms with Gasteiger partial charge in [0.25, 0.3) is 0 Å². The third-order valence-corrected chi connectivity index (χ3v) is 5.78. The minimum Gasteiger partial charge on any atom is -0.339 e. The highest BCUT2D eigenvalue weighted by atomic mass is 35.5. The van der Waals surface area contributed by atoms with Gasteiger partial charge in [-0.05, 0) is 36.9 Å². The third-order valence-electron chi connectivity index (χ3n) is 4.29. The van der Waals surface area contributed by atoms with E-state index in [0.717, 1.165) is 4.88 Å². The second-order valence-corrected chi connectivity index (χ2v) is 8.16. The Morgan fingerprint density at radius 3 is 2.63 bits per heavy atom. The number of anilines is 1. The Bertz CT molecular complexity index is 987. The summed E-state index contributed by atoms with van der Waals surface area (Å²) in [6.07, 6.45) is 1.30. The van der Waals surface area contributed by atoms with Gasteiger partial charge in [0.15, 0.2) is 0 Å². The van der Waals surface area contributed by atoms with Crippen LogP contribution in [0.5, 0.6) is 0 Å². The Hall–Kier alpha value is -2.42. The van der Waals surface area contributed by atoms with Crippen LogP contribution in [0, 0.1) is 0 Å². The van der Waals surface area contributed by atoms with Crippen molar-refractivity contribution in [1.82, 2.24) is 15.0 Å². The van der Waals surface area contributed by atoms with E-state index in [1.54, 1.807) is 18.2 Å². The number of benzene rings is 1. The van der Waals surface area contributed by atoms with Gasteiger partial charge in [-0.15, -0.1) is 11.3 Å². The van der Waals surface area contributed by atoms with Crippen LogP contribution < -0.4 is 5.32 Å². The SMILES string of the molecule is CCN(CC(=O)Nc1c(Cl)cccc1Cl)C(=O)CCCc1nc(-c2cccs2)no1. The maximum absolute atomic E-state index is 12.5. The Kier molecular flexibility index (Phi) is 7.84. The molecule has 0 bridgehead atoms. The van der Waals surface area contributed by atoms with Crippen molar-refractivity contribution in [3.05, 3.63) is 51.6 Å². The lowest BCUT2D eigenvalue weighted by Crippen LogP contribution is -2.37. The van der Waals surface area contributed by atoms with Gasteiger partial charge in [-0.1, -0.05) is 40.5 Å². The number of halogens is 2. The molecule has 3 aromatic rings. The first-order valence-corrected chi connectivity index (χ1v) is 11.0. The van der Waals surface area contributed by atoms with E-state index < -0.39 is 0 Å². The molecule has 1 aromatic carbocycles. The van der Waals surface area contributed by atoms with E-state index in [2.05, 4.69) is 15.5 Å². The monoisotopic (exact) mass is 466 g/mol. The smallest absolute Gasteiger partial charge is 0.244 e. The van der Waals surface area contributed by atoms with Crippen LogP contribution in [0.1, 0.15) is 25.7 Å². The first-order chi connectivity index (χ1) is 14.5. The fourth-order valence-corrected chi connectivity index (χ4v) is 3.90. The lowest BCUT2D eigenvalue weighted by atomic mass is 10.2. The van der Waals surface area contributed by atoms with Gasteiger partial charge in [-0.2, -0.15) is 4.98 Å². The van der Waals surface area contributed by atoms with Crippen molar-refractivity contribution in [2.75, 3.05) is 18.4 Å². The van der Waals surface area contributed by atoms with Crippen molar-refractivity contribution in [3.8, 4) is 10.7 Å². The topological polar surface area (TPSA) is 88.3 Å². The maximum atomic E-state index is 12.5. The van der Waals surface area contributed by atoms with Crippen molar-refractivity contribution < 1.29 is 14.1 Å². The normalized spacial score (nSPS) is 10.8. The summed E-state index contributed by atoms with van der Waals surface area (Å²) in [6.45, 7) is 2.14. The van der Waals surface area contributed by atoms with E-state index in [9.17, 15) is 9.59 Å². The molecule has 2 heterocycles. The van der Waals surface area contributed by atoms with Gasteiger partial charge in [-0.25, -0.2) is 0 Å². The van der Waals surface area contributed by atoms with Crippen molar-refractivity contribution in [2.45, 2.75) is 26.2 Å². The zero-order valence-corrected chi connectivity index (χ0v) is 18.6. The molecule has 0 atom stereocenters. The molecule has 158 valence electrons. The average molecular weight is 467 g/mol. The van der Waals surface area contributed by atoms with E-state index in [0.29, 0.717) is 46.8 Å². The molecule has 0 aliphatic carbocycles. The van der Waals surface area contributed by atoms with Gasteiger partial charge in [0, 0.05) is 19.4 Å². The quantitative estimate of drug-likeness (QED) is 0.483. The van der Waals surface area contributed by atoms with Gasteiger partial charge in [0.05, 0.1) is 27.2 Å². The number of aryl methyl sites for hydroxylation is 1. The number of carbonyl (C=O) groups is 2. The number of nitrogens with zero attached hydrogens (tertiary/aromatic N) is 3. The number of rotatable bonds is 9. The van der Waals surface area contributed by atoms with Crippen LogP contribution in [0.15, 0.2) is 40.2 Å². The lowest BCUT2D eigenvalue weighted by molar-refractivity contribution is -0.134. The van der Waals surface area contributed by atoms with Crippen LogP contribution in [0.25, 0.3) is 10.7 Å².